The number of hydrogen-bond donors (Lipinski definition) is 2. The van der Waals surface area contributed by atoms with Crippen molar-refractivity contribution in [1.82, 2.24) is 4.72 Å². The van der Waals surface area contributed by atoms with Crippen LogP contribution in [-0.2, 0) is 21.0 Å². The van der Waals surface area contributed by atoms with Crippen molar-refractivity contribution in [2.24, 2.45) is 5.92 Å². The SMILES string of the molecule is CC[C@@H](C)[C@@H](NS(=O)(=O)c1cccc(C(F)(F)F)c1)C(=O)O. The first-order chi connectivity index (χ1) is 9.99. The number of halogens is 3. The van der Waals surface area contributed by atoms with Gasteiger partial charge in [0, 0.05) is 0 Å². The molecule has 0 aromatic heterocycles. The number of carbonyl (C=O) groups is 1. The van der Waals surface area contributed by atoms with Crippen molar-refractivity contribution in [3.05, 3.63) is 29.8 Å². The van der Waals surface area contributed by atoms with Crippen molar-refractivity contribution in [1.29, 1.82) is 0 Å². The maximum absolute atomic E-state index is 12.6. The number of carboxylic acids is 1. The first-order valence-corrected chi connectivity index (χ1v) is 7.89. The van der Waals surface area contributed by atoms with E-state index in [9.17, 15) is 26.4 Å². The van der Waals surface area contributed by atoms with E-state index < -0.39 is 44.6 Å². The predicted octanol–water partition coefficient (Wildman–Crippen LogP) is 2.48. The molecule has 0 amide bonds. The fourth-order valence-corrected chi connectivity index (χ4v) is 3.06. The van der Waals surface area contributed by atoms with Gasteiger partial charge in [-0.25, -0.2) is 8.42 Å². The average molecular weight is 339 g/mol. The summed E-state index contributed by atoms with van der Waals surface area (Å²) in [5, 5.41) is 9.06. The lowest BCUT2D eigenvalue weighted by atomic mass is 10.0. The molecule has 0 fully saturated rings. The first kappa shape index (κ1) is 18.4. The molecule has 1 aromatic carbocycles. The van der Waals surface area contributed by atoms with E-state index in [-0.39, 0.29) is 0 Å². The van der Waals surface area contributed by atoms with Gasteiger partial charge in [0.05, 0.1) is 10.5 Å². The van der Waals surface area contributed by atoms with Crippen LogP contribution >= 0.6 is 0 Å². The Labute approximate surface area is 126 Å². The lowest BCUT2D eigenvalue weighted by Crippen LogP contribution is -2.44. The lowest BCUT2D eigenvalue weighted by molar-refractivity contribution is -0.140. The molecule has 0 saturated carbocycles. The molecule has 2 atom stereocenters. The van der Waals surface area contributed by atoms with E-state index >= 15 is 0 Å². The van der Waals surface area contributed by atoms with Gasteiger partial charge >= 0.3 is 12.1 Å². The van der Waals surface area contributed by atoms with Gasteiger partial charge in [-0.05, 0) is 24.1 Å². The largest absolute Gasteiger partial charge is 0.480 e. The molecule has 0 heterocycles. The molecule has 2 N–H and O–H groups in total. The topological polar surface area (TPSA) is 83.5 Å². The highest BCUT2D eigenvalue weighted by Crippen LogP contribution is 2.30. The van der Waals surface area contributed by atoms with Gasteiger partial charge in [0.15, 0.2) is 0 Å². The second-order valence-corrected chi connectivity index (χ2v) is 6.56. The molecule has 5 nitrogen and oxygen atoms in total. The maximum atomic E-state index is 12.6. The summed E-state index contributed by atoms with van der Waals surface area (Å²) >= 11 is 0. The molecular weight excluding hydrogens is 323 g/mol. The average Bonchev–Trinajstić information content (AvgIpc) is 2.43. The van der Waals surface area contributed by atoms with E-state index in [1.54, 1.807) is 6.92 Å². The Morgan fingerprint density at radius 1 is 1.36 bits per heavy atom. The predicted molar refractivity (Wildman–Crippen MR) is 72.6 cm³/mol. The van der Waals surface area contributed by atoms with Crippen LogP contribution in [0.4, 0.5) is 13.2 Å². The van der Waals surface area contributed by atoms with Gasteiger partial charge in [0.25, 0.3) is 0 Å². The smallest absolute Gasteiger partial charge is 0.416 e. The van der Waals surface area contributed by atoms with E-state index in [2.05, 4.69) is 0 Å². The maximum Gasteiger partial charge on any atom is 0.416 e. The van der Waals surface area contributed by atoms with Crippen molar-refractivity contribution in [3.8, 4) is 0 Å². The molecule has 0 radical (unpaired) electrons. The number of sulfonamides is 1. The van der Waals surface area contributed by atoms with Crippen LogP contribution in [0.3, 0.4) is 0 Å². The fourth-order valence-electron chi connectivity index (χ4n) is 1.72. The second-order valence-electron chi connectivity index (χ2n) is 4.85. The zero-order chi connectivity index (χ0) is 17.1. The van der Waals surface area contributed by atoms with Crippen molar-refractivity contribution >= 4 is 16.0 Å². The minimum atomic E-state index is -4.69. The highest BCUT2D eigenvalue weighted by molar-refractivity contribution is 7.89. The Morgan fingerprint density at radius 2 is 1.95 bits per heavy atom. The molecule has 1 aromatic rings. The summed E-state index contributed by atoms with van der Waals surface area (Å²) in [7, 11) is -4.37. The zero-order valence-electron chi connectivity index (χ0n) is 11.9. The number of alkyl halides is 3. The number of aliphatic carboxylic acids is 1. The van der Waals surface area contributed by atoms with Crippen LogP contribution in [0.1, 0.15) is 25.8 Å². The zero-order valence-corrected chi connectivity index (χ0v) is 12.7. The fraction of sp³-hybridized carbons (Fsp3) is 0.462. The quantitative estimate of drug-likeness (QED) is 0.834. The van der Waals surface area contributed by atoms with Crippen LogP contribution in [0.2, 0.25) is 0 Å². The van der Waals surface area contributed by atoms with E-state index in [1.165, 1.54) is 6.92 Å². The molecule has 0 unspecified atom stereocenters. The van der Waals surface area contributed by atoms with Gasteiger partial charge in [-0.1, -0.05) is 26.3 Å². The number of nitrogens with one attached hydrogen (secondary N) is 1. The monoisotopic (exact) mass is 339 g/mol. The molecule has 0 spiro atoms. The number of carboxylic acid groups (broad SMARTS) is 1. The van der Waals surface area contributed by atoms with E-state index in [0.29, 0.717) is 12.5 Å². The number of hydrogen-bond acceptors (Lipinski definition) is 3. The first-order valence-electron chi connectivity index (χ1n) is 6.41. The molecule has 1 rings (SSSR count). The summed E-state index contributed by atoms with van der Waals surface area (Å²) < 4.78 is 64.0. The highest BCUT2D eigenvalue weighted by atomic mass is 32.2. The van der Waals surface area contributed by atoms with Gasteiger partial charge in [0.1, 0.15) is 6.04 Å². The highest BCUT2D eigenvalue weighted by Gasteiger charge is 2.33. The standard InChI is InChI=1S/C13H16F3NO4S/c1-3-8(2)11(12(18)19)17-22(20,21)10-6-4-5-9(7-10)13(14,15)16/h4-8,11,17H,3H2,1-2H3,(H,18,19)/t8-,11-/m1/s1. The van der Waals surface area contributed by atoms with Crippen LogP contribution < -0.4 is 4.72 Å². The van der Waals surface area contributed by atoms with Crippen LogP contribution in [0.25, 0.3) is 0 Å². The normalized spacial score (nSPS) is 15.3. The van der Waals surface area contributed by atoms with Crippen molar-refractivity contribution < 1.29 is 31.5 Å². The van der Waals surface area contributed by atoms with Gasteiger partial charge in [0.2, 0.25) is 10.0 Å². The van der Waals surface area contributed by atoms with Crippen LogP contribution in [0, 0.1) is 5.92 Å². The molecular formula is C13H16F3NO4S. The van der Waals surface area contributed by atoms with Gasteiger partial charge in [-0.15, -0.1) is 0 Å². The van der Waals surface area contributed by atoms with Crippen LogP contribution in [0.5, 0.6) is 0 Å². The third-order valence-corrected chi connectivity index (χ3v) is 4.67. The lowest BCUT2D eigenvalue weighted by Gasteiger charge is -2.20. The Bertz CT molecular complexity index is 643. The molecule has 0 aliphatic heterocycles. The van der Waals surface area contributed by atoms with Crippen molar-refractivity contribution in [3.63, 3.8) is 0 Å². The van der Waals surface area contributed by atoms with E-state index in [0.717, 1.165) is 18.2 Å². The Balaban J connectivity index is 3.16. The third kappa shape index (κ3) is 4.44. The van der Waals surface area contributed by atoms with Crippen molar-refractivity contribution in [2.45, 2.75) is 37.4 Å². The van der Waals surface area contributed by atoms with Crippen LogP contribution in [0.15, 0.2) is 29.2 Å². The third-order valence-electron chi connectivity index (χ3n) is 3.23. The Kier molecular flexibility index (Phi) is 5.58. The molecule has 0 aliphatic carbocycles. The van der Waals surface area contributed by atoms with Crippen molar-refractivity contribution in [2.75, 3.05) is 0 Å². The summed E-state index contributed by atoms with van der Waals surface area (Å²) in [5.41, 5.74) is -1.12. The molecule has 124 valence electrons. The Hall–Kier alpha value is -1.61. The van der Waals surface area contributed by atoms with E-state index in [4.69, 9.17) is 5.11 Å². The van der Waals surface area contributed by atoms with Gasteiger partial charge in [-0.3, -0.25) is 4.79 Å². The Morgan fingerprint density at radius 3 is 2.41 bits per heavy atom. The second kappa shape index (κ2) is 6.66. The minimum Gasteiger partial charge on any atom is -0.480 e. The van der Waals surface area contributed by atoms with Gasteiger partial charge < -0.3 is 5.11 Å². The number of rotatable bonds is 6. The summed E-state index contributed by atoms with van der Waals surface area (Å²) in [4.78, 5) is 10.5. The minimum absolute atomic E-state index is 0.391. The summed E-state index contributed by atoms with van der Waals surface area (Å²) in [5.74, 6) is -1.90. The number of benzene rings is 1. The summed E-state index contributed by atoms with van der Waals surface area (Å²) in [6.45, 7) is 3.21. The molecule has 0 bridgehead atoms. The van der Waals surface area contributed by atoms with Crippen LogP contribution in [-0.4, -0.2) is 25.5 Å². The molecule has 22 heavy (non-hydrogen) atoms. The molecule has 9 heteroatoms. The van der Waals surface area contributed by atoms with E-state index in [1.807, 2.05) is 4.72 Å². The molecule has 0 saturated heterocycles. The molecule has 0 aliphatic rings. The summed E-state index contributed by atoms with van der Waals surface area (Å²) in [6.07, 6.45) is -4.30. The summed E-state index contributed by atoms with van der Waals surface area (Å²) in [6, 6.07) is 1.73. The van der Waals surface area contributed by atoms with Gasteiger partial charge in [-0.2, -0.15) is 17.9 Å².